The summed E-state index contributed by atoms with van der Waals surface area (Å²) in [6.07, 6.45) is 2.40. The average Bonchev–Trinajstić information content (AvgIpc) is 2.46. The lowest BCUT2D eigenvalue weighted by molar-refractivity contribution is 0.518. The van der Waals surface area contributed by atoms with E-state index in [2.05, 4.69) is 24.5 Å². The molecule has 2 heterocycles. The fourth-order valence-corrected chi connectivity index (χ4v) is 3.06. The number of hydrogen-bond donors (Lipinski definition) is 1. The van der Waals surface area contributed by atoms with Gasteiger partial charge >= 0.3 is 0 Å². The molecule has 1 nitrogen and oxygen atoms in total. The molecule has 1 aromatic heterocycles. The van der Waals surface area contributed by atoms with Crippen molar-refractivity contribution in [3.8, 4) is 0 Å². The van der Waals surface area contributed by atoms with Crippen molar-refractivity contribution in [2.24, 2.45) is 0 Å². The molecule has 1 aromatic rings. The van der Waals surface area contributed by atoms with E-state index in [0.29, 0.717) is 6.04 Å². The van der Waals surface area contributed by atoms with Gasteiger partial charge in [-0.05, 0) is 36.3 Å². The summed E-state index contributed by atoms with van der Waals surface area (Å²) >= 11 is 1.94. The van der Waals surface area contributed by atoms with Crippen molar-refractivity contribution in [2.75, 3.05) is 0 Å². The number of aryl methyl sites for hydroxylation is 1. The first-order chi connectivity index (χ1) is 5.81. The third kappa shape index (κ3) is 1.29. The van der Waals surface area contributed by atoms with Gasteiger partial charge in [0, 0.05) is 17.5 Å². The van der Waals surface area contributed by atoms with Crippen molar-refractivity contribution in [3.05, 3.63) is 21.4 Å². The Morgan fingerprint density at radius 2 is 2.50 bits per heavy atom. The van der Waals surface area contributed by atoms with Gasteiger partial charge in [0.05, 0.1) is 0 Å². The van der Waals surface area contributed by atoms with Crippen LogP contribution in [0, 0.1) is 0 Å². The number of thiophene rings is 1. The highest BCUT2D eigenvalue weighted by Gasteiger charge is 2.17. The monoisotopic (exact) mass is 181 g/mol. The fourth-order valence-electron chi connectivity index (χ4n) is 1.77. The van der Waals surface area contributed by atoms with Gasteiger partial charge in [0.25, 0.3) is 0 Å². The van der Waals surface area contributed by atoms with Gasteiger partial charge in [-0.3, -0.25) is 0 Å². The Balaban J connectivity index is 2.32. The minimum atomic E-state index is 0.667. The second-order valence-corrected chi connectivity index (χ2v) is 4.47. The molecule has 1 atom stereocenters. The molecule has 0 fully saturated rings. The lowest BCUT2D eigenvalue weighted by Crippen LogP contribution is -2.32. The maximum Gasteiger partial charge on any atom is 0.0221 e. The summed E-state index contributed by atoms with van der Waals surface area (Å²) in [5, 5.41) is 5.83. The van der Waals surface area contributed by atoms with Crippen LogP contribution in [0.1, 0.15) is 29.9 Å². The molecule has 0 radical (unpaired) electrons. The molecule has 0 bridgehead atoms. The lowest BCUT2D eigenvalue weighted by Gasteiger charge is -2.20. The van der Waals surface area contributed by atoms with Crippen LogP contribution in [0.5, 0.6) is 0 Å². The Morgan fingerprint density at radius 1 is 1.67 bits per heavy atom. The molecular formula is C10H15NS. The summed E-state index contributed by atoms with van der Waals surface area (Å²) in [5.74, 6) is 0. The molecule has 12 heavy (non-hydrogen) atoms. The largest absolute Gasteiger partial charge is 0.310 e. The van der Waals surface area contributed by atoms with E-state index < -0.39 is 0 Å². The maximum absolute atomic E-state index is 3.51. The van der Waals surface area contributed by atoms with Crippen molar-refractivity contribution in [1.82, 2.24) is 5.32 Å². The van der Waals surface area contributed by atoms with E-state index in [9.17, 15) is 0 Å². The van der Waals surface area contributed by atoms with Crippen molar-refractivity contribution < 1.29 is 0 Å². The summed E-state index contributed by atoms with van der Waals surface area (Å²) in [6.45, 7) is 5.58. The highest BCUT2D eigenvalue weighted by molar-refractivity contribution is 7.10. The normalized spacial score (nSPS) is 22.3. The zero-order chi connectivity index (χ0) is 8.55. The molecule has 0 spiro atoms. The summed E-state index contributed by atoms with van der Waals surface area (Å²) < 4.78 is 0. The molecule has 0 saturated heterocycles. The number of nitrogens with one attached hydrogen (secondary N) is 1. The van der Waals surface area contributed by atoms with Gasteiger partial charge in [0.1, 0.15) is 0 Å². The first kappa shape index (κ1) is 8.27. The van der Waals surface area contributed by atoms with Gasteiger partial charge in [-0.2, -0.15) is 0 Å². The predicted molar refractivity (Wildman–Crippen MR) is 53.7 cm³/mol. The lowest BCUT2D eigenvalue weighted by atomic mass is 10.0. The second-order valence-electron chi connectivity index (χ2n) is 3.50. The molecule has 0 aromatic carbocycles. The van der Waals surface area contributed by atoms with Crippen LogP contribution < -0.4 is 5.32 Å². The summed E-state index contributed by atoms with van der Waals surface area (Å²) in [6, 6.07) is 0.667. The third-order valence-electron chi connectivity index (χ3n) is 2.57. The van der Waals surface area contributed by atoms with Crippen LogP contribution in [0.2, 0.25) is 0 Å². The molecule has 1 unspecified atom stereocenters. The quantitative estimate of drug-likeness (QED) is 0.701. The highest BCUT2D eigenvalue weighted by atomic mass is 32.1. The number of fused-ring (bicyclic) bond motifs is 1. The molecule has 1 aliphatic rings. The highest BCUT2D eigenvalue weighted by Crippen LogP contribution is 2.27. The van der Waals surface area contributed by atoms with E-state index in [4.69, 9.17) is 0 Å². The number of rotatable bonds is 1. The molecule has 0 saturated carbocycles. The molecule has 1 N–H and O–H groups in total. The Bertz CT molecular complexity index is 277. The standard InChI is InChI=1S/C10H15NS/c1-3-8-6-12-10-4-7(2)11-5-9(8)10/h6-7,11H,3-5H2,1-2H3. The summed E-state index contributed by atoms with van der Waals surface area (Å²) in [7, 11) is 0. The van der Waals surface area contributed by atoms with E-state index in [1.54, 1.807) is 16.0 Å². The van der Waals surface area contributed by atoms with Gasteiger partial charge in [0.15, 0.2) is 0 Å². The van der Waals surface area contributed by atoms with Crippen molar-refractivity contribution in [2.45, 2.75) is 39.3 Å². The van der Waals surface area contributed by atoms with Crippen molar-refractivity contribution in [1.29, 1.82) is 0 Å². The van der Waals surface area contributed by atoms with Crippen LogP contribution >= 0.6 is 11.3 Å². The Kier molecular flexibility index (Phi) is 2.20. The van der Waals surface area contributed by atoms with E-state index in [0.717, 1.165) is 6.54 Å². The van der Waals surface area contributed by atoms with Crippen LogP contribution in [0.4, 0.5) is 0 Å². The van der Waals surface area contributed by atoms with E-state index in [1.807, 2.05) is 11.3 Å². The number of hydrogen-bond acceptors (Lipinski definition) is 2. The smallest absolute Gasteiger partial charge is 0.0221 e. The molecule has 2 heteroatoms. The SMILES string of the molecule is CCc1csc2c1CNC(C)C2. The first-order valence-electron chi connectivity index (χ1n) is 4.62. The molecule has 0 aliphatic carbocycles. The van der Waals surface area contributed by atoms with E-state index >= 15 is 0 Å². The van der Waals surface area contributed by atoms with Gasteiger partial charge in [-0.25, -0.2) is 0 Å². The molecule has 1 aliphatic heterocycles. The first-order valence-corrected chi connectivity index (χ1v) is 5.50. The van der Waals surface area contributed by atoms with Crippen LogP contribution in [0.15, 0.2) is 5.38 Å². The fraction of sp³-hybridized carbons (Fsp3) is 0.600. The molecule has 66 valence electrons. The van der Waals surface area contributed by atoms with Crippen molar-refractivity contribution >= 4 is 11.3 Å². The third-order valence-corrected chi connectivity index (χ3v) is 3.67. The zero-order valence-electron chi connectivity index (χ0n) is 7.68. The van der Waals surface area contributed by atoms with Gasteiger partial charge in [-0.1, -0.05) is 6.92 Å². The minimum absolute atomic E-state index is 0.667. The van der Waals surface area contributed by atoms with Crippen LogP contribution in [-0.4, -0.2) is 6.04 Å². The average molecular weight is 181 g/mol. The minimum Gasteiger partial charge on any atom is -0.310 e. The summed E-state index contributed by atoms with van der Waals surface area (Å²) in [5.41, 5.74) is 3.13. The molecule has 0 amide bonds. The van der Waals surface area contributed by atoms with Gasteiger partial charge in [0.2, 0.25) is 0 Å². The Labute approximate surface area is 77.8 Å². The van der Waals surface area contributed by atoms with Gasteiger partial charge in [-0.15, -0.1) is 11.3 Å². The molecular weight excluding hydrogens is 166 g/mol. The molecule has 2 rings (SSSR count). The summed E-state index contributed by atoms with van der Waals surface area (Å²) in [4.78, 5) is 1.61. The van der Waals surface area contributed by atoms with Gasteiger partial charge < -0.3 is 5.32 Å². The van der Waals surface area contributed by atoms with Crippen LogP contribution in [0.25, 0.3) is 0 Å². The van der Waals surface area contributed by atoms with Crippen LogP contribution in [-0.2, 0) is 19.4 Å². The predicted octanol–water partition coefficient (Wildman–Crippen LogP) is 2.34. The Morgan fingerprint density at radius 3 is 3.25 bits per heavy atom. The topological polar surface area (TPSA) is 12.0 Å². The van der Waals surface area contributed by atoms with Crippen molar-refractivity contribution in [3.63, 3.8) is 0 Å². The maximum atomic E-state index is 3.51. The van der Waals surface area contributed by atoms with E-state index in [1.165, 1.54) is 12.8 Å². The second kappa shape index (κ2) is 3.19. The zero-order valence-corrected chi connectivity index (χ0v) is 8.50. The van der Waals surface area contributed by atoms with E-state index in [-0.39, 0.29) is 0 Å². The Hall–Kier alpha value is -0.340. The van der Waals surface area contributed by atoms with Crippen LogP contribution in [0.3, 0.4) is 0 Å².